The number of esters is 1. The summed E-state index contributed by atoms with van der Waals surface area (Å²) in [5.74, 6) is -0.821. The van der Waals surface area contributed by atoms with Gasteiger partial charge in [0.25, 0.3) is 0 Å². The second kappa shape index (κ2) is 6.83. The monoisotopic (exact) mass is 258 g/mol. The molecule has 0 spiro atoms. The maximum Gasteiger partial charge on any atom is 0.409 e. The second-order valence-corrected chi connectivity index (χ2v) is 3.82. The molecule has 1 aliphatic heterocycles. The van der Waals surface area contributed by atoms with Gasteiger partial charge in [-0.2, -0.15) is 0 Å². The molecule has 0 aliphatic carbocycles. The molecule has 1 aliphatic rings. The highest BCUT2D eigenvalue weighted by molar-refractivity contribution is 5.94. The van der Waals surface area contributed by atoms with E-state index >= 15 is 0 Å². The Balaban J connectivity index is 2.37. The van der Waals surface area contributed by atoms with Crippen LogP contribution in [0.15, 0.2) is 0 Å². The van der Waals surface area contributed by atoms with E-state index < -0.39 is 5.97 Å². The average Bonchev–Trinajstić information content (AvgIpc) is 2.39. The lowest BCUT2D eigenvalue weighted by Crippen LogP contribution is -2.51. The maximum atomic E-state index is 11.7. The SMILES string of the molecule is CCOC(=O)N1CCN(C(=O)CC(=O)OC)CC1. The van der Waals surface area contributed by atoms with Crippen LogP contribution in [0.3, 0.4) is 0 Å². The van der Waals surface area contributed by atoms with Crippen molar-refractivity contribution in [2.75, 3.05) is 39.9 Å². The minimum absolute atomic E-state index is 0.254. The highest BCUT2D eigenvalue weighted by Crippen LogP contribution is 2.06. The Labute approximate surface area is 106 Å². The van der Waals surface area contributed by atoms with E-state index in [1.807, 2.05) is 0 Å². The van der Waals surface area contributed by atoms with Crippen LogP contribution in [0.4, 0.5) is 4.79 Å². The van der Waals surface area contributed by atoms with Gasteiger partial charge in [-0.25, -0.2) is 4.79 Å². The number of carbonyl (C=O) groups excluding carboxylic acids is 3. The fourth-order valence-corrected chi connectivity index (χ4v) is 1.66. The van der Waals surface area contributed by atoms with Gasteiger partial charge in [-0.15, -0.1) is 0 Å². The summed E-state index contributed by atoms with van der Waals surface area (Å²) in [6.07, 6.45) is -0.617. The molecular weight excluding hydrogens is 240 g/mol. The summed E-state index contributed by atoms with van der Waals surface area (Å²) in [5, 5.41) is 0. The van der Waals surface area contributed by atoms with E-state index in [4.69, 9.17) is 4.74 Å². The Hall–Kier alpha value is -1.79. The van der Waals surface area contributed by atoms with Crippen LogP contribution in [-0.4, -0.2) is 67.7 Å². The molecule has 0 saturated carbocycles. The Kier molecular flexibility index (Phi) is 5.41. The molecule has 18 heavy (non-hydrogen) atoms. The summed E-state index contributed by atoms with van der Waals surface area (Å²) >= 11 is 0. The molecule has 102 valence electrons. The van der Waals surface area contributed by atoms with Crippen LogP contribution in [0, 0.1) is 0 Å². The summed E-state index contributed by atoms with van der Waals surface area (Å²) < 4.78 is 9.30. The van der Waals surface area contributed by atoms with Crippen molar-refractivity contribution in [3.63, 3.8) is 0 Å². The van der Waals surface area contributed by atoms with Crippen LogP contribution in [-0.2, 0) is 19.1 Å². The summed E-state index contributed by atoms with van der Waals surface area (Å²) in [5.41, 5.74) is 0. The molecule has 1 saturated heterocycles. The predicted molar refractivity (Wildman–Crippen MR) is 61.8 cm³/mol. The number of nitrogens with zero attached hydrogens (tertiary/aromatic N) is 2. The van der Waals surface area contributed by atoms with Gasteiger partial charge >= 0.3 is 12.1 Å². The molecule has 0 bridgehead atoms. The molecule has 0 radical (unpaired) electrons. The largest absolute Gasteiger partial charge is 0.469 e. The van der Waals surface area contributed by atoms with Gasteiger partial charge in [-0.3, -0.25) is 9.59 Å². The predicted octanol–water partition coefficient (Wildman–Crippen LogP) is -0.150. The lowest BCUT2D eigenvalue weighted by molar-refractivity contribution is -0.147. The van der Waals surface area contributed by atoms with Crippen molar-refractivity contribution in [1.29, 1.82) is 0 Å². The van der Waals surface area contributed by atoms with E-state index in [-0.39, 0.29) is 18.4 Å². The van der Waals surface area contributed by atoms with E-state index in [1.54, 1.807) is 16.7 Å². The third kappa shape index (κ3) is 3.90. The third-order valence-electron chi connectivity index (χ3n) is 2.68. The van der Waals surface area contributed by atoms with E-state index in [2.05, 4.69) is 4.74 Å². The Morgan fingerprint density at radius 1 is 1.06 bits per heavy atom. The van der Waals surface area contributed by atoms with Gasteiger partial charge in [0.2, 0.25) is 5.91 Å². The number of carbonyl (C=O) groups is 3. The Bertz CT molecular complexity index is 323. The average molecular weight is 258 g/mol. The number of methoxy groups -OCH3 is 1. The number of ether oxygens (including phenoxy) is 2. The first-order valence-electron chi connectivity index (χ1n) is 5.84. The second-order valence-electron chi connectivity index (χ2n) is 3.82. The first kappa shape index (κ1) is 14.3. The number of hydrogen-bond donors (Lipinski definition) is 0. The van der Waals surface area contributed by atoms with Crippen LogP contribution in [0.1, 0.15) is 13.3 Å². The molecule has 0 N–H and O–H groups in total. The Morgan fingerprint density at radius 2 is 1.61 bits per heavy atom. The van der Waals surface area contributed by atoms with Crippen LogP contribution in [0.25, 0.3) is 0 Å². The molecule has 1 heterocycles. The van der Waals surface area contributed by atoms with Crippen LogP contribution in [0.5, 0.6) is 0 Å². The molecule has 1 fully saturated rings. The van der Waals surface area contributed by atoms with Gasteiger partial charge < -0.3 is 19.3 Å². The highest BCUT2D eigenvalue weighted by atomic mass is 16.6. The Morgan fingerprint density at radius 3 is 2.11 bits per heavy atom. The van der Waals surface area contributed by atoms with Gasteiger partial charge in [-0.1, -0.05) is 0 Å². The first-order valence-corrected chi connectivity index (χ1v) is 5.84. The quantitative estimate of drug-likeness (QED) is 0.520. The molecule has 1 rings (SSSR count). The van der Waals surface area contributed by atoms with Crippen molar-refractivity contribution in [3.8, 4) is 0 Å². The topological polar surface area (TPSA) is 76.2 Å². The van der Waals surface area contributed by atoms with E-state index in [1.165, 1.54) is 7.11 Å². The molecule has 0 unspecified atom stereocenters. The van der Waals surface area contributed by atoms with Crippen molar-refractivity contribution in [1.82, 2.24) is 9.80 Å². The lowest BCUT2D eigenvalue weighted by Gasteiger charge is -2.33. The van der Waals surface area contributed by atoms with Crippen molar-refractivity contribution in [2.24, 2.45) is 0 Å². The summed E-state index contributed by atoms with van der Waals surface area (Å²) in [6, 6.07) is 0. The van der Waals surface area contributed by atoms with Crippen LogP contribution < -0.4 is 0 Å². The highest BCUT2D eigenvalue weighted by Gasteiger charge is 2.25. The number of rotatable bonds is 3. The maximum absolute atomic E-state index is 11.7. The van der Waals surface area contributed by atoms with E-state index in [0.717, 1.165) is 0 Å². The summed E-state index contributed by atoms with van der Waals surface area (Å²) in [7, 11) is 1.24. The van der Waals surface area contributed by atoms with Gasteiger partial charge in [0.05, 0.1) is 13.7 Å². The van der Waals surface area contributed by atoms with E-state index in [9.17, 15) is 14.4 Å². The summed E-state index contributed by atoms with van der Waals surface area (Å²) in [4.78, 5) is 37.1. The third-order valence-corrected chi connectivity index (χ3v) is 2.68. The normalized spacial score (nSPS) is 15.2. The van der Waals surface area contributed by atoms with Gasteiger partial charge in [0, 0.05) is 26.2 Å². The lowest BCUT2D eigenvalue weighted by atomic mass is 10.3. The van der Waals surface area contributed by atoms with Crippen LogP contribution in [0.2, 0.25) is 0 Å². The first-order chi connectivity index (χ1) is 8.58. The molecule has 7 nitrogen and oxygen atoms in total. The molecular formula is C11H18N2O5. The molecule has 0 aromatic rings. The molecule has 0 aromatic carbocycles. The molecule has 0 aromatic heterocycles. The molecule has 2 amide bonds. The number of piperazine rings is 1. The zero-order valence-electron chi connectivity index (χ0n) is 10.7. The molecule has 7 heteroatoms. The van der Waals surface area contributed by atoms with Crippen LogP contribution >= 0.6 is 0 Å². The molecule has 0 atom stereocenters. The van der Waals surface area contributed by atoms with E-state index in [0.29, 0.717) is 32.8 Å². The van der Waals surface area contributed by atoms with Gasteiger partial charge in [0.1, 0.15) is 6.42 Å². The van der Waals surface area contributed by atoms with Gasteiger partial charge in [-0.05, 0) is 6.92 Å². The zero-order chi connectivity index (χ0) is 13.5. The summed E-state index contributed by atoms with van der Waals surface area (Å²) in [6.45, 7) is 3.75. The standard InChI is InChI=1S/C11H18N2O5/c1-3-18-11(16)13-6-4-12(5-7-13)9(14)8-10(15)17-2/h3-8H2,1-2H3. The van der Waals surface area contributed by atoms with Crippen molar-refractivity contribution in [2.45, 2.75) is 13.3 Å². The van der Waals surface area contributed by atoms with Crippen molar-refractivity contribution < 1.29 is 23.9 Å². The number of hydrogen-bond acceptors (Lipinski definition) is 5. The zero-order valence-corrected chi connectivity index (χ0v) is 10.7. The smallest absolute Gasteiger partial charge is 0.409 e. The minimum Gasteiger partial charge on any atom is -0.469 e. The minimum atomic E-state index is -0.548. The van der Waals surface area contributed by atoms with Crippen molar-refractivity contribution in [3.05, 3.63) is 0 Å². The van der Waals surface area contributed by atoms with Crippen molar-refractivity contribution >= 4 is 18.0 Å². The fraction of sp³-hybridized carbons (Fsp3) is 0.727. The van der Waals surface area contributed by atoms with Gasteiger partial charge in [0.15, 0.2) is 0 Å². The number of amides is 2. The fourth-order valence-electron chi connectivity index (χ4n) is 1.66.